The van der Waals surface area contributed by atoms with Gasteiger partial charge in [0.1, 0.15) is 18.8 Å². The van der Waals surface area contributed by atoms with E-state index in [1.165, 1.54) is 18.5 Å². The molecule has 4 N–H and O–H groups in total. The number of carboxylic acids is 1. The number of fused-ring (bicyclic) bond motifs is 1. The minimum atomic E-state index is -1.02. The van der Waals surface area contributed by atoms with E-state index in [9.17, 15) is 9.59 Å². The zero-order valence-corrected chi connectivity index (χ0v) is 10.4. The van der Waals surface area contributed by atoms with Crippen LogP contribution in [0.5, 0.6) is 0 Å². The Morgan fingerprint density at radius 1 is 1.35 bits per heavy atom. The summed E-state index contributed by atoms with van der Waals surface area (Å²) in [4.78, 5) is 29.4. The van der Waals surface area contributed by atoms with E-state index in [1.807, 2.05) is 0 Å². The maximum Gasteiger partial charge on any atom is 0.404 e. The molecule has 0 atom stereocenters. The number of aromatic carboxylic acids is 1. The average molecular weight is 276 g/mol. The number of hydrogen-bond donors (Lipinski definition) is 3. The summed E-state index contributed by atoms with van der Waals surface area (Å²) in [6.07, 6.45) is 0.482. The van der Waals surface area contributed by atoms with Crippen LogP contribution in [0.3, 0.4) is 0 Å². The standard InChI is InChI=1S/C12H12N4O4/c13-12(19)20-4-3-14-10-8-2-1-7(11(17)18)5-9(8)15-6-16-10/h1-2,5-6H,3-4H2,(H2,13,19)(H,17,18)(H,14,15,16). The van der Waals surface area contributed by atoms with Gasteiger partial charge in [0, 0.05) is 5.39 Å². The molecule has 0 fully saturated rings. The minimum absolute atomic E-state index is 0.105. The summed E-state index contributed by atoms with van der Waals surface area (Å²) in [5, 5.41) is 12.6. The fourth-order valence-electron chi connectivity index (χ4n) is 1.65. The number of aromatic nitrogens is 2. The van der Waals surface area contributed by atoms with Gasteiger partial charge >= 0.3 is 12.1 Å². The van der Waals surface area contributed by atoms with Crippen molar-refractivity contribution >= 4 is 28.8 Å². The number of primary amides is 1. The maximum absolute atomic E-state index is 10.9. The highest BCUT2D eigenvalue weighted by Gasteiger charge is 2.08. The maximum atomic E-state index is 10.9. The summed E-state index contributed by atoms with van der Waals surface area (Å²) in [6, 6.07) is 4.56. The lowest BCUT2D eigenvalue weighted by molar-refractivity contribution is 0.0697. The molecule has 0 aliphatic carbocycles. The number of ether oxygens (including phenoxy) is 1. The number of nitrogens with two attached hydrogens (primary N) is 1. The summed E-state index contributed by atoms with van der Waals surface area (Å²) < 4.78 is 4.58. The first-order valence-electron chi connectivity index (χ1n) is 5.72. The monoisotopic (exact) mass is 276 g/mol. The van der Waals surface area contributed by atoms with Gasteiger partial charge in [0.15, 0.2) is 0 Å². The third-order valence-corrected chi connectivity index (χ3v) is 2.52. The molecule has 0 aliphatic heterocycles. The fraction of sp³-hybridized carbons (Fsp3) is 0.167. The Bertz CT molecular complexity index is 659. The Morgan fingerprint density at radius 3 is 2.85 bits per heavy atom. The summed E-state index contributed by atoms with van der Waals surface area (Å²) in [6.45, 7) is 0.434. The fourth-order valence-corrected chi connectivity index (χ4v) is 1.65. The molecule has 1 aromatic carbocycles. The lowest BCUT2D eigenvalue weighted by Gasteiger charge is -2.08. The van der Waals surface area contributed by atoms with Crippen LogP contribution in [0.25, 0.3) is 10.9 Å². The van der Waals surface area contributed by atoms with Crippen molar-refractivity contribution in [1.29, 1.82) is 0 Å². The largest absolute Gasteiger partial charge is 0.478 e. The molecule has 0 spiro atoms. The molecule has 1 heterocycles. The van der Waals surface area contributed by atoms with E-state index < -0.39 is 12.1 Å². The molecule has 20 heavy (non-hydrogen) atoms. The SMILES string of the molecule is NC(=O)OCCNc1ncnc2cc(C(=O)O)ccc12. The van der Waals surface area contributed by atoms with Crippen molar-refractivity contribution < 1.29 is 19.4 Å². The van der Waals surface area contributed by atoms with E-state index in [4.69, 9.17) is 10.8 Å². The van der Waals surface area contributed by atoms with Gasteiger partial charge in [-0.15, -0.1) is 0 Å². The summed E-state index contributed by atoms with van der Waals surface area (Å²) in [5.41, 5.74) is 5.50. The summed E-state index contributed by atoms with van der Waals surface area (Å²) in [7, 11) is 0. The Morgan fingerprint density at radius 2 is 2.15 bits per heavy atom. The number of carbonyl (C=O) groups excluding carboxylic acids is 1. The van der Waals surface area contributed by atoms with Crippen molar-refractivity contribution in [3.8, 4) is 0 Å². The lowest BCUT2D eigenvalue weighted by Crippen LogP contribution is -2.18. The molecule has 8 nitrogen and oxygen atoms in total. The Kier molecular flexibility index (Phi) is 3.94. The number of nitrogens with one attached hydrogen (secondary N) is 1. The first-order chi connectivity index (χ1) is 9.58. The molecule has 2 aromatic rings. The van der Waals surface area contributed by atoms with E-state index in [0.29, 0.717) is 23.3 Å². The molecular formula is C12H12N4O4. The third kappa shape index (κ3) is 3.10. The van der Waals surface area contributed by atoms with Crippen molar-refractivity contribution in [2.45, 2.75) is 0 Å². The van der Waals surface area contributed by atoms with E-state index in [2.05, 4.69) is 20.0 Å². The van der Waals surface area contributed by atoms with Gasteiger partial charge in [0.05, 0.1) is 17.6 Å². The number of anilines is 1. The van der Waals surface area contributed by atoms with Crippen molar-refractivity contribution in [1.82, 2.24) is 9.97 Å². The zero-order chi connectivity index (χ0) is 14.5. The molecule has 2 rings (SSSR count). The molecule has 0 radical (unpaired) electrons. The number of benzene rings is 1. The van der Waals surface area contributed by atoms with Crippen LogP contribution in [-0.4, -0.2) is 40.3 Å². The van der Waals surface area contributed by atoms with Gasteiger partial charge in [-0.25, -0.2) is 19.6 Å². The van der Waals surface area contributed by atoms with Crippen LogP contribution < -0.4 is 11.1 Å². The molecular weight excluding hydrogens is 264 g/mol. The zero-order valence-electron chi connectivity index (χ0n) is 10.4. The first kappa shape index (κ1) is 13.5. The van der Waals surface area contributed by atoms with Crippen LogP contribution in [0, 0.1) is 0 Å². The predicted octanol–water partition coefficient (Wildman–Crippen LogP) is 0.835. The highest BCUT2D eigenvalue weighted by molar-refractivity contribution is 5.96. The minimum Gasteiger partial charge on any atom is -0.478 e. The van der Waals surface area contributed by atoms with Crippen LogP contribution in [0.2, 0.25) is 0 Å². The van der Waals surface area contributed by atoms with E-state index >= 15 is 0 Å². The number of amides is 1. The van der Waals surface area contributed by atoms with Crippen molar-refractivity contribution in [3.05, 3.63) is 30.1 Å². The smallest absolute Gasteiger partial charge is 0.404 e. The molecule has 1 amide bonds. The molecule has 104 valence electrons. The summed E-state index contributed by atoms with van der Waals surface area (Å²) in [5.74, 6) is -0.491. The topological polar surface area (TPSA) is 127 Å². The van der Waals surface area contributed by atoms with Crippen molar-refractivity contribution in [3.63, 3.8) is 0 Å². The molecule has 1 aromatic heterocycles. The van der Waals surface area contributed by atoms with Crippen LogP contribution >= 0.6 is 0 Å². The van der Waals surface area contributed by atoms with Gasteiger partial charge in [0.25, 0.3) is 0 Å². The van der Waals surface area contributed by atoms with Gasteiger partial charge in [-0.1, -0.05) is 0 Å². The average Bonchev–Trinajstić information content (AvgIpc) is 2.42. The highest BCUT2D eigenvalue weighted by Crippen LogP contribution is 2.20. The molecule has 8 heteroatoms. The van der Waals surface area contributed by atoms with Gasteiger partial charge < -0.3 is 20.9 Å². The number of hydrogen-bond acceptors (Lipinski definition) is 6. The molecule has 0 saturated carbocycles. The molecule has 0 aliphatic rings. The second-order valence-corrected chi connectivity index (χ2v) is 3.85. The predicted molar refractivity (Wildman–Crippen MR) is 70.5 cm³/mol. The van der Waals surface area contributed by atoms with E-state index in [1.54, 1.807) is 6.07 Å². The van der Waals surface area contributed by atoms with Gasteiger partial charge in [0.2, 0.25) is 0 Å². The highest BCUT2D eigenvalue weighted by atomic mass is 16.5. The number of nitrogens with zero attached hydrogens (tertiary/aromatic N) is 2. The molecule has 0 saturated heterocycles. The number of carbonyl (C=O) groups is 2. The quantitative estimate of drug-likeness (QED) is 0.690. The van der Waals surface area contributed by atoms with Crippen LogP contribution in [0.1, 0.15) is 10.4 Å². The second-order valence-electron chi connectivity index (χ2n) is 3.85. The van der Waals surface area contributed by atoms with Gasteiger partial charge in [-0.2, -0.15) is 0 Å². The molecule has 0 bridgehead atoms. The van der Waals surface area contributed by atoms with Crippen molar-refractivity contribution in [2.75, 3.05) is 18.5 Å². The normalized spacial score (nSPS) is 10.2. The third-order valence-electron chi connectivity index (χ3n) is 2.52. The summed E-state index contributed by atoms with van der Waals surface area (Å²) >= 11 is 0. The number of carboxylic acid groups (broad SMARTS) is 1. The van der Waals surface area contributed by atoms with Gasteiger partial charge in [-0.05, 0) is 18.2 Å². The Balaban J connectivity index is 2.17. The van der Waals surface area contributed by atoms with E-state index in [0.717, 1.165) is 0 Å². The van der Waals surface area contributed by atoms with Gasteiger partial charge in [-0.3, -0.25) is 0 Å². The van der Waals surface area contributed by atoms with Crippen LogP contribution in [0.15, 0.2) is 24.5 Å². The Hall–Kier alpha value is -2.90. The second kappa shape index (κ2) is 5.83. The van der Waals surface area contributed by atoms with Crippen molar-refractivity contribution in [2.24, 2.45) is 5.73 Å². The lowest BCUT2D eigenvalue weighted by atomic mass is 10.1. The number of rotatable bonds is 5. The first-order valence-corrected chi connectivity index (χ1v) is 5.72. The Labute approximate surface area is 113 Å². The van der Waals surface area contributed by atoms with Crippen LogP contribution in [-0.2, 0) is 4.74 Å². The molecule has 0 unspecified atom stereocenters. The van der Waals surface area contributed by atoms with Crippen LogP contribution in [0.4, 0.5) is 10.6 Å². The van der Waals surface area contributed by atoms with E-state index in [-0.39, 0.29) is 12.2 Å².